The topological polar surface area (TPSA) is 0 Å². The van der Waals surface area contributed by atoms with Crippen LogP contribution >= 0.6 is 22.7 Å². The molecular weight excluding hydrogens is 641 g/mol. The number of hydrogen-bond acceptors (Lipinski definition) is 2. The molecule has 0 N–H and O–H groups in total. The summed E-state index contributed by atoms with van der Waals surface area (Å²) in [7, 11) is 0. The van der Waals surface area contributed by atoms with Crippen LogP contribution in [0, 0.1) is 40.4 Å². The maximum atomic E-state index is 2.42. The van der Waals surface area contributed by atoms with Crippen LogP contribution in [-0.2, 0) is 0 Å². The van der Waals surface area contributed by atoms with Gasteiger partial charge in [0, 0.05) is 50.1 Å². The molecule has 0 atom stereocenters. The van der Waals surface area contributed by atoms with Crippen LogP contribution in [-0.4, -0.2) is 0 Å². The molecule has 50 heavy (non-hydrogen) atoms. The third-order valence-corrected chi connectivity index (χ3v) is 13.9. The maximum absolute atomic E-state index is 2.42. The highest BCUT2D eigenvalue weighted by atomic mass is 32.1. The maximum Gasteiger partial charge on any atom is 0.0440 e. The van der Waals surface area contributed by atoms with Crippen molar-refractivity contribution in [3.05, 3.63) is 186 Å². The van der Waals surface area contributed by atoms with E-state index in [0.29, 0.717) is 0 Å². The Bertz CT molecular complexity index is 3480. The monoisotopic (exact) mass is 664 g/mol. The van der Waals surface area contributed by atoms with Gasteiger partial charge in [0.25, 0.3) is 0 Å². The van der Waals surface area contributed by atoms with E-state index in [1.54, 1.807) is 0 Å². The quantitative estimate of drug-likeness (QED) is 0.127. The summed E-state index contributed by atoms with van der Waals surface area (Å²) in [5.74, 6) is 0. The lowest BCUT2D eigenvalue weighted by Crippen LogP contribution is -1.89. The van der Waals surface area contributed by atoms with Gasteiger partial charge in [0.2, 0.25) is 0 Å². The summed E-state index contributed by atoms with van der Waals surface area (Å²) >= 11 is 3.90. The van der Waals surface area contributed by atoms with Gasteiger partial charge >= 0.3 is 0 Å². The lowest BCUT2D eigenvalue weighted by Gasteiger charge is -2.14. The average Bonchev–Trinajstić information content (AvgIpc) is 3.91. The van der Waals surface area contributed by atoms with E-state index < -0.39 is 0 Å². The van der Waals surface area contributed by atoms with Crippen molar-refractivity contribution < 1.29 is 0 Å². The van der Waals surface area contributed by atoms with Crippen molar-refractivity contribution in [2.75, 3.05) is 0 Å². The third-order valence-electron chi connectivity index (χ3n) is 11.5. The van der Waals surface area contributed by atoms with E-state index in [4.69, 9.17) is 0 Å². The molecule has 0 saturated heterocycles. The molecule has 0 nitrogen and oxygen atoms in total. The Morgan fingerprint density at radius 1 is 0.280 bits per heavy atom. The molecule has 2 heteroatoms. The van der Waals surface area contributed by atoms with Crippen LogP contribution in [0.5, 0.6) is 0 Å². The van der Waals surface area contributed by atoms with Crippen LogP contribution < -0.4 is 0 Å². The van der Waals surface area contributed by atoms with Crippen LogP contribution in [0.15, 0.2) is 146 Å². The van der Waals surface area contributed by atoms with E-state index in [0.717, 1.165) is 0 Å². The molecule has 0 bridgehead atoms. The van der Waals surface area contributed by atoms with Crippen molar-refractivity contribution in [3.63, 3.8) is 0 Å². The second-order valence-corrected chi connectivity index (χ2v) is 16.0. The zero-order valence-electron chi connectivity index (χ0n) is 26.7. The molecule has 228 valence electrons. The Labute approximate surface area is 292 Å². The highest BCUT2D eigenvalue weighted by Gasteiger charge is 2.21. The molecule has 0 spiro atoms. The molecule has 0 fully saturated rings. The first kappa shape index (κ1) is 26.1. The molecule has 11 aromatic rings. The fraction of sp³-hybridized carbons (Fsp3) is 0. The number of hydrogen-bond donors (Lipinski definition) is 0. The first-order chi connectivity index (χ1) is 24.8. The zero-order chi connectivity index (χ0) is 32.2. The van der Waals surface area contributed by atoms with Crippen LogP contribution in [0.2, 0.25) is 0 Å². The zero-order valence-corrected chi connectivity index (χ0v) is 28.3. The summed E-state index contributed by atoms with van der Waals surface area (Å²) in [5.41, 5.74) is 5.10. The van der Waals surface area contributed by atoms with Gasteiger partial charge in [-0.25, -0.2) is 0 Å². The fourth-order valence-electron chi connectivity index (χ4n) is 9.41. The molecular formula is C48H24S2. The van der Waals surface area contributed by atoms with Crippen LogP contribution in [0.25, 0.3) is 85.5 Å². The molecule has 0 amide bonds. The average molecular weight is 665 g/mol. The van der Waals surface area contributed by atoms with Crippen molar-refractivity contribution in [1.82, 2.24) is 0 Å². The number of thiophene rings is 2. The van der Waals surface area contributed by atoms with E-state index in [2.05, 4.69) is 146 Å². The number of fused-ring (bicyclic) bond motifs is 8. The summed E-state index contributed by atoms with van der Waals surface area (Å²) in [6.45, 7) is 0. The second-order valence-electron chi connectivity index (χ2n) is 13.9. The van der Waals surface area contributed by atoms with Gasteiger partial charge in [-0.1, -0.05) is 133 Å². The van der Waals surface area contributed by atoms with Gasteiger partial charge in [0.1, 0.15) is 0 Å². The summed E-state index contributed by atoms with van der Waals surface area (Å²) in [6, 6.07) is 54.9. The van der Waals surface area contributed by atoms with Gasteiger partial charge in [0.15, 0.2) is 0 Å². The number of rotatable bonds is 2. The van der Waals surface area contributed by atoms with Crippen LogP contribution in [0.4, 0.5) is 0 Å². The van der Waals surface area contributed by atoms with E-state index in [1.807, 2.05) is 22.7 Å². The van der Waals surface area contributed by atoms with Gasteiger partial charge in [-0.05, 0) is 87.9 Å². The predicted octanol–water partition coefficient (Wildman–Crippen LogP) is 13.3. The Morgan fingerprint density at radius 3 is 1.08 bits per heavy atom. The van der Waals surface area contributed by atoms with Gasteiger partial charge in [-0.2, -0.15) is 0 Å². The van der Waals surface area contributed by atoms with E-state index in [1.165, 1.54) is 126 Å². The number of benzene rings is 9. The summed E-state index contributed by atoms with van der Waals surface area (Å²) in [5, 5.41) is 22.3. The highest BCUT2D eigenvalue weighted by molar-refractivity contribution is 7.17. The van der Waals surface area contributed by atoms with E-state index >= 15 is 0 Å². The highest BCUT2D eigenvalue weighted by Crippen LogP contribution is 2.45. The van der Waals surface area contributed by atoms with Gasteiger partial charge in [-0.3, -0.25) is 0 Å². The Balaban J connectivity index is 1.12. The Kier molecular flexibility index (Phi) is 4.73. The molecule has 0 aliphatic heterocycles. The van der Waals surface area contributed by atoms with Crippen molar-refractivity contribution >= 4 is 85.9 Å². The van der Waals surface area contributed by atoms with Crippen LogP contribution in [0.3, 0.4) is 0 Å². The summed E-state index contributed by atoms with van der Waals surface area (Å²) in [4.78, 5) is 0. The first-order valence-electron chi connectivity index (χ1n) is 17.3. The minimum absolute atomic E-state index is 1.27. The Hall–Kier alpha value is -5.80. The summed E-state index contributed by atoms with van der Waals surface area (Å²) in [6.07, 6.45) is 0. The largest absolute Gasteiger partial charge is 0.134 e. The third kappa shape index (κ3) is 3.09. The lowest BCUT2D eigenvalue weighted by atomic mass is 9.88. The standard InChI is InChI=1S/C48H24S2/c1-3-7-25(8-4-1)27-11-13-33-39(23-27)49-47-37-21-17-31-32-18-22-38-44-36(20-16-30(42(32)44)29-15-19-35(45(33)47)43(37)41(29)31)46-34-14-12-28(24-40(34)50-48(38)46)26-9-5-2-6-10-26/h1-24H. The van der Waals surface area contributed by atoms with Gasteiger partial charge < -0.3 is 0 Å². The predicted molar refractivity (Wildman–Crippen MR) is 213 cm³/mol. The molecule has 2 aromatic heterocycles. The van der Waals surface area contributed by atoms with Crippen molar-refractivity contribution in [1.29, 1.82) is 0 Å². The van der Waals surface area contributed by atoms with E-state index in [-0.39, 0.29) is 0 Å². The Morgan fingerprint density at radius 2 is 0.660 bits per heavy atom. The summed E-state index contributed by atoms with van der Waals surface area (Å²) < 4.78 is 5.55. The van der Waals surface area contributed by atoms with E-state index in [9.17, 15) is 0 Å². The fourth-order valence-corrected chi connectivity index (χ4v) is 12.0. The molecule has 2 aliphatic rings. The van der Waals surface area contributed by atoms with Crippen molar-refractivity contribution in [2.24, 2.45) is 0 Å². The molecule has 0 radical (unpaired) electrons. The molecule has 0 saturated carbocycles. The van der Waals surface area contributed by atoms with Crippen molar-refractivity contribution in [3.8, 4) is 22.3 Å². The minimum Gasteiger partial charge on any atom is -0.134 e. The molecule has 2 aliphatic carbocycles. The van der Waals surface area contributed by atoms with Gasteiger partial charge in [-0.15, -0.1) is 22.7 Å². The molecule has 2 heterocycles. The normalized spacial score (nSPS) is 12.8. The second kappa shape index (κ2) is 9.05. The molecule has 13 rings (SSSR count). The molecule has 9 aromatic carbocycles. The first-order valence-corrected chi connectivity index (χ1v) is 18.9. The lowest BCUT2D eigenvalue weighted by molar-refractivity contribution is 1.64. The smallest absolute Gasteiger partial charge is 0.0440 e. The molecule has 0 unspecified atom stereocenters. The van der Waals surface area contributed by atoms with Crippen molar-refractivity contribution in [2.45, 2.75) is 0 Å². The van der Waals surface area contributed by atoms with Gasteiger partial charge in [0.05, 0.1) is 0 Å². The van der Waals surface area contributed by atoms with Crippen LogP contribution in [0.1, 0.15) is 0 Å². The minimum atomic E-state index is 1.27. The SMILES string of the molecule is c1ccc(-c2ccc3c4c(sc3c2)=c2ccc3c5ccc6c7c(ccc(c8ccc=4c2c38)c75)=c2c=6sc3cc(-c4ccccc4)ccc23)cc1.